The van der Waals surface area contributed by atoms with Gasteiger partial charge in [-0.2, -0.15) is 13.2 Å². The van der Waals surface area contributed by atoms with Gasteiger partial charge in [0, 0.05) is 34.1 Å². The first kappa shape index (κ1) is 25.9. The maximum absolute atomic E-state index is 13.0. The third-order valence-corrected chi connectivity index (χ3v) is 6.96. The monoisotopic (exact) mass is 534 g/mol. The lowest BCUT2D eigenvalue weighted by molar-refractivity contribution is -0.137. The number of alkyl halides is 3. The highest BCUT2D eigenvalue weighted by Crippen LogP contribution is 2.40. The van der Waals surface area contributed by atoms with E-state index in [-0.39, 0.29) is 16.2 Å². The molecule has 8 nitrogen and oxygen atoms in total. The van der Waals surface area contributed by atoms with Crippen molar-refractivity contribution in [2.75, 3.05) is 31.4 Å². The van der Waals surface area contributed by atoms with Gasteiger partial charge in [-0.25, -0.2) is 8.42 Å². The number of methoxy groups -OCH3 is 3. The van der Waals surface area contributed by atoms with Gasteiger partial charge in [-0.15, -0.1) is 0 Å². The molecule has 0 aliphatic carbocycles. The number of hydrogen-bond acceptors (Lipinski definition) is 6. The average molecular weight is 535 g/mol. The fourth-order valence-electron chi connectivity index (χ4n) is 3.74. The molecule has 0 saturated carbocycles. The van der Waals surface area contributed by atoms with Crippen LogP contribution in [0.3, 0.4) is 0 Å². The SMILES string of the molecule is COc1cc(OC)c(OC)cc1C=C1C(=O)Nc2ccc(S(=O)(=O)Nc3ccc(C(F)(F)F)cc3)cc21. The minimum absolute atomic E-state index is 0.0477. The number of anilines is 2. The van der Waals surface area contributed by atoms with Crippen LogP contribution in [0, 0.1) is 0 Å². The molecule has 0 spiro atoms. The van der Waals surface area contributed by atoms with Crippen molar-refractivity contribution in [2.24, 2.45) is 0 Å². The quantitative estimate of drug-likeness (QED) is 0.413. The zero-order chi connectivity index (χ0) is 27.0. The minimum Gasteiger partial charge on any atom is -0.496 e. The highest BCUT2D eigenvalue weighted by molar-refractivity contribution is 7.92. The molecule has 2 N–H and O–H groups in total. The van der Waals surface area contributed by atoms with E-state index in [1.54, 1.807) is 12.1 Å². The minimum atomic E-state index is -4.55. The largest absolute Gasteiger partial charge is 0.496 e. The van der Waals surface area contributed by atoms with Crippen LogP contribution >= 0.6 is 0 Å². The second-order valence-corrected chi connectivity index (χ2v) is 9.53. The van der Waals surface area contributed by atoms with Gasteiger partial charge in [0.1, 0.15) is 5.75 Å². The molecular formula is C25H21F3N2O6S. The van der Waals surface area contributed by atoms with Gasteiger partial charge in [0.25, 0.3) is 15.9 Å². The summed E-state index contributed by atoms with van der Waals surface area (Å²) in [6, 6.07) is 10.8. The van der Waals surface area contributed by atoms with Crippen molar-refractivity contribution in [3.63, 3.8) is 0 Å². The Balaban J connectivity index is 1.71. The Hall–Kier alpha value is -4.19. The topological polar surface area (TPSA) is 103 Å². The number of ether oxygens (including phenoxy) is 3. The molecule has 1 amide bonds. The van der Waals surface area contributed by atoms with Crippen LogP contribution in [-0.2, 0) is 21.0 Å². The Labute approximate surface area is 210 Å². The molecule has 0 saturated heterocycles. The van der Waals surface area contributed by atoms with Crippen molar-refractivity contribution in [3.05, 3.63) is 71.3 Å². The van der Waals surface area contributed by atoms with Crippen LogP contribution in [0.15, 0.2) is 59.5 Å². The summed E-state index contributed by atoms with van der Waals surface area (Å²) in [7, 11) is 0.187. The molecule has 1 aliphatic rings. The molecule has 194 valence electrons. The van der Waals surface area contributed by atoms with E-state index in [1.165, 1.54) is 45.6 Å². The molecule has 0 bridgehead atoms. The summed E-state index contributed by atoms with van der Waals surface area (Å²) in [5.74, 6) is 0.738. The number of carbonyl (C=O) groups is 1. The van der Waals surface area contributed by atoms with E-state index in [9.17, 15) is 26.4 Å². The van der Waals surface area contributed by atoms with E-state index < -0.39 is 27.7 Å². The summed E-state index contributed by atoms with van der Waals surface area (Å²) in [5, 5.41) is 2.68. The summed E-state index contributed by atoms with van der Waals surface area (Å²) in [5.41, 5.74) is 0.411. The number of amides is 1. The molecule has 0 radical (unpaired) electrons. The number of rotatable bonds is 7. The van der Waals surface area contributed by atoms with Gasteiger partial charge in [0.05, 0.1) is 31.8 Å². The number of nitrogens with one attached hydrogen (secondary N) is 2. The molecule has 0 atom stereocenters. The second kappa shape index (κ2) is 9.69. The van der Waals surface area contributed by atoms with Crippen LogP contribution in [0.4, 0.5) is 24.5 Å². The van der Waals surface area contributed by atoms with E-state index in [0.29, 0.717) is 34.1 Å². The summed E-state index contributed by atoms with van der Waals surface area (Å²) < 4.78 is 82.6. The smallest absolute Gasteiger partial charge is 0.416 e. The molecule has 12 heteroatoms. The van der Waals surface area contributed by atoms with E-state index >= 15 is 0 Å². The summed E-state index contributed by atoms with van der Waals surface area (Å²) in [4.78, 5) is 12.6. The standard InChI is InChI=1S/C25H21F3N2O6S/c1-34-21-13-23(36-3)22(35-2)11-14(21)10-19-18-12-17(8-9-20(18)29-24(19)31)37(32,33)30-16-6-4-15(5-7-16)25(26,27)28/h4-13,30H,1-3H3,(H,29,31). The van der Waals surface area contributed by atoms with Gasteiger partial charge in [0.15, 0.2) is 11.5 Å². The molecule has 3 aromatic rings. The van der Waals surface area contributed by atoms with Crippen LogP contribution in [-0.4, -0.2) is 35.7 Å². The lowest BCUT2D eigenvalue weighted by Gasteiger charge is -2.13. The van der Waals surface area contributed by atoms with Gasteiger partial charge in [-0.05, 0) is 54.6 Å². The molecule has 37 heavy (non-hydrogen) atoms. The van der Waals surface area contributed by atoms with E-state index in [1.807, 2.05) is 0 Å². The Morgan fingerprint density at radius 3 is 2.08 bits per heavy atom. The normalized spacial score (nSPS) is 14.2. The fourth-order valence-corrected chi connectivity index (χ4v) is 4.82. The maximum Gasteiger partial charge on any atom is 0.416 e. The lowest BCUT2D eigenvalue weighted by atomic mass is 10.0. The predicted molar refractivity (Wildman–Crippen MR) is 131 cm³/mol. The summed E-state index contributed by atoms with van der Waals surface area (Å²) in [6.45, 7) is 0. The van der Waals surface area contributed by atoms with Crippen molar-refractivity contribution in [2.45, 2.75) is 11.1 Å². The Bertz CT molecular complexity index is 1500. The van der Waals surface area contributed by atoms with Crippen LogP contribution in [0.2, 0.25) is 0 Å². The second-order valence-electron chi connectivity index (χ2n) is 7.85. The van der Waals surface area contributed by atoms with Gasteiger partial charge >= 0.3 is 6.18 Å². The molecule has 0 fully saturated rings. The van der Waals surface area contributed by atoms with Crippen LogP contribution in [0.25, 0.3) is 11.6 Å². The van der Waals surface area contributed by atoms with E-state index in [0.717, 1.165) is 24.3 Å². The molecule has 0 unspecified atom stereocenters. The Kier molecular flexibility index (Phi) is 6.78. The number of benzene rings is 3. The summed E-state index contributed by atoms with van der Waals surface area (Å²) in [6.07, 6.45) is -3.02. The predicted octanol–water partition coefficient (Wildman–Crippen LogP) is 5.02. The first-order valence-electron chi connectivity index (χ1n) is 10.6. The fraction of sp³-hybridized carbons (Fsp3) is 0.160. The zero-order valence-electron chi connectivity index (χ0n) is 19.8. The average Bonchev–Trinajstić information content (AvgIpc) is 3.17. The molecular weight excluding hydrogens is 513 g/mol. The zero-order valence-corrected chi connectivity index (χ0v) is 20.6. The first-order valence-corrected chi connectivity index (χ1v) is 12.1. The number of halogens is 3. The Morgan fingerprint density at radius 2 is 1.49 bits per heavy atom. The number of sulfonamides is 1. The molecule has 3 aromatic carbocycles. The van der Waals surface area contributed by atoms with Crippen LogP contribution in [0.5, 0.6) is 17.2 Å². The number of fused-ring (bicyclic) bond motifs is 1. The van der Waals surface area contributed by atoms with Gasteiger partial charge in [-0.1, -0.05) is 0 Å². The van der Waals surface area contributed by atoms with Gasteiger partial charge in [0.2, 0.25) is 0 Å². The van der Waals surface area contributed by atoms with Crippen LogP contribution < -0.4 is 24.2 Å². The van der Waals surface area contributed by atoms with Gasteiger partial charge < -0.3 is 19.5 Å². The molecule has 1 heterocycles. The highest BCUT2D eigenvalue weighted by Gasteiger charge is 2.31. The number of carbonyl (C=O) groups excluding carboxylic acids is 1. The molecule has 0 aromatic heterocycles. The first-order chi connectivity index (χ1) is 17.5. The van der Waals surface area contributed by atoms with Gasteiger partial charge in [-0.3, -0.25) is 9.52 Å². The van der Waals surface area contributed by atoms with Crippen molar-refractivity contribution >= 4 is 39.0 Å². The lowest BCUT2D eigenvalue weighted by Crippen LogP contribution is -2.13. The highest BCUT2D eigenvalue weighted by atomic mass is 32.2. The Morgan fingerprint density at radius 1 is 0.865 bits per heavy atom. The van der Waals surface area contributed by atoms with Crippen molar-refractivity contribution in [1.29, 1.82) is 0 Å². The third kappa shape index (κ3) is 5.19. The maximum atomic E-state index is 13.0. The third-order valence-electron chi connectivity index (χ3n) is 5.58. The summed E-state index contributed by atoms with van der Waals surface area (Å²) >= 11 is 0. The van der Waals surface area contributed by atoms with E-state index in [2.05, 4.69) is 10.0 Å². The van der Waals surface area contributed by atoms with Crippen molar-refractivity contribution < 1.29 is 40.6 Å². The van der Waals surface area contributed by atoms with E-state index in [4.69, 9.17) is 14.2 Å². The molecule has 1 aliphatic heterocycles. The van der Waals surface area contributed by atoms with Crippen LogP contribution in [0.1, 0.15) is 16.7 Å². The van der Waals surface area contributed by atoms with Crippen molar-refractivity contribution in [3.8, 4) is 17.2 Å². The number of hydrogen-bond donors (Lipinski definition) is 2. The van der Waals surface area contributed by atoms with Crippen molar-refractivity contribution in [1.82, 2.24) is 0 Å². The molecule has 4 rings (SSSR count).